The lowest BCUT2D eigenvalue weighted by Crippen LogP contribution is -2.50. The molecule has 4 heterocycles. The molecular weight excluding hydrogens is 415 g/mol. The Balaban J connectivity index is 1.66. The minimum atomic E-state index is -1.15. The summed E-state index contributed by atoms with van der Waals surface area (Å²) >= 11 is 8.07. The predicted molar refractivity (Wildman–Crippen MR) is 115 cm³/mol. The van der Waals surface area contributed by atoms with E-state index in [2.05, 4.69) is 15.0 Å². The molecule has 1 aliphatic heterocycles. The predicted octanol–water partition coefficient (Wildman–Crippen LogP) is 3.07. The number of piperidine rings is 1. The Hall–Kier alpha value is -2.49. The van der Waals surface area contributed by atoms with E-state index in [0.29, 0.717) is 40.5 Å². The second-order valence-electron chi connectivity index (χ2n) is 7.24. The number of H-pyrrole nitrogens is 1. The first-order valence-corrected chi connectivity index (χ1v) is 10.5. The molecule has 7 nitrogen and oxygen atoms in total. The van der Waals surface area contributed by atoms with Gasteiger partial charge in [0.25, 0.3) is 5.56 Å². The molecule has 1 aliphatic rings. The van der Waals surface area contributed by atoms with Gasteiger partial charge in [0.2, 0.25) is 5.95 Å². The maximum absolute atomic E-state index is 14.1. The van der Waals surface area contributed by atoms with Crippen LogP contribution in [0.15, 0.2) is 28.6 Å². The van der Waals surface area contributed by atoms with Gasteiger partial charge in [-0.1, -0.05) is 17.7 Å². The lowest BCUT2D eigenvalue weighted by molar-refractivity contribution is 0.249. The minimum Gasteiger partial charge on any atom is -0.345 e. The molecule has 0 unspecified atom stereocenters. The summed E-state index contributed by atoms with van der Waals surface area (Å²) in [7, 11) is 1.65. The third-order valence-electron chi connectivity index (χ3n) is 5.49. The van der Waals surface area contributed by atoms with Gasteiger partial charge < -0.3 is 15.6 Å². The molecule has 5 rings (SSSR count). The summed E-state index contributed by atoms with van der Waals surface area (Å²) in [4.78, 5) is 27.0. The zero-order chi connectivity index (χ0) is 20.3. The molecule has 1 saturated heterocycles. The molecule has 1 aromatic carbocycles. The van der Waals surface area contributed by atoms with Gasteiger partial charge in [-0.25, -0.2) is 9.37 Å². The van der Waals surface area contributed by atoms with Crippen LogP contribution >= 0.6 is 22.9 Å². The number of fused-ring (bicyclic) bond motifs is 2. The second-order valence-corrected chi connectivity index (χ2v) is 8.48. The van der Waals surface area contributed by atoms with E-state index in [1.807, 2.05) is 12.1 Å². The van der Waals surface area contributed by atoms with Crippen molar-refractivity contribution in [2.75, 3.05) is 18.0 Å². The van der Waals surface area contributed by atoms with Gasteiger partial charge in [-0.05, 0) is 12.5 Å². The first-order valence-electron chi connectivity index (χ1n) is 9.20. The number of hydrogen-bond acceptors (Lipinski definition) is 6. The summed E-state index contributed by atoms with van der Waals surface area (Å²) in [6, 6.07) is 3.27. The van der Waals surface area contributed by atoms with Crippen LogP contribution in [0.1, 0.15) is 6.42 Å². The fraction of sp³-hybridized carbons (Fsp3) is 0.316. The van der Waals surface area contributed by atoms with E-state index in [9.17, 15) is 9.18 Å². The average Bonchev–Trinajstić information content (AvgIpc) is 3.35. The number of nitrogens with two attached hydrogens (primary N) is 1. The maximum atomic E-state index is 14.1. The SMILES string of the molecule is Cn1c(N2CC[C@H](N)[C@H](F)C2)nc2[nH]cc(-c3ccc4ncsc4c3Cl)c2c1=O. The van der Waals surface area contributed by atoms with Crippen LogP contribution in [0, 0.1) is 0 Å². The molecular formula is C19H18ClFN6OS. The smallest absolute Gasteiger partial charge is 0.264 e. The van der Waals surface area contributed by atoms with Crippen molar-refractivity contribution in [3.05, 3.63) is 39.2 Å². The Bertz CT molecular complexity index is 1300. The molecule has 4 aromatic rings. The third-order valence-corrected chi connectivity index (χ3v) is 6.86. The van der Waals surface area contributed by atoms with Crippen molar-refractivity contribution in [2.45, 2.75) is 18.6 Å². The number of rotatable bonds is 2. The Labute approximate surface area is 173 Å². The number of alkyl halides is 1. The Kier molecular flexibility index (Phi) is 4.34. The van der Waals surface area contributed by atoms with Crippen LogP contribution in [-0.4, -0.2) is 44.8 Å². The lowest BCUT2D eigenvalue weighted by Gasteiger charge is -2.34. The van der Waals surface area contributed by atoms with Crippen LogP contribution in [0.2, 0.25) is 5.02 Å². The zero-order valence-corrected chi connectivity index (χ0v) is 17.1. The van der Waals surface area contributed by atoms with Crippen molar-refractivity contribution in [3.63, 3.8) is 0 Å². The highest BCUT2D eigenvalue weighted by molar-refractivity contribution is 7.17. The van der Waals surface area contributed by atoms with Crippen LogP contribution in [-0.2, 0) is 7.05 Å². The highest BCUT2D eigenvalue weighted by Gasteiger charge is 2.29. The number of anilines is 1. The molecule has 0 spiro atoms. The summed E-state index contributed by atoms with van der Waals surface area (Å²) < 4.78 is 16.5. The van der Waals surface area contributed by atoms with Gasteiger partial charge in [-0.3, -0.25) is 9.36 Å². The van der Waals surface area contributed by atoms with Crippen LogP contribution < -0.4 is 16.2 Å². The second kappa shape index (κ2) is 6.79. The molecule has 0 aliphatic carbocycles. The lowest BCUT2D eigenvalue weighted by atomic mass is 10.0. The summed E-state index contributed by atoms with van der Waals surface area (Å²) in [5.41, 5.74) is 10.0. The first-order chi connectivity index (χ1) is 14.0. The van der Waals surface area contributed by atoms with Crippen LogP contribution in [0.3, 0.4) is 0 Å². The molecule has 0 amide bonds. The fourth-order valence-corrected chi connectivity index (χ4v) is 4.98. The first kappa shape index (κ1) is 18.5. The summed E-state index contributed by atoms with van der Waals surface area (Å²) in [5.74, 6) is 0.425. The van der Waals surface area contributed by atoms with Gasteiger partial charge in [0, 0.05) is 37.0 Å². The van der Waals surface area contributed by atoms with E-state index in [1.54, 1.807) is 23.7 Å². The zero-order valence-electron chi connectivity index (χ0n) is 15.5. The molecule has 150 valence electrons. The van der Waals surface area contributed by atoms with Gasteiger partial charge in [-0.15, -0.1) is 11.3 Å². The standard InChI is InChI=1S/C19H18ClFN6OS/c1-26-18(28)14-10(9-2-3-13-16(15(9)20)29-8-24-13)6-23-17(14)25-19(26)27-5-4-12(22)11(21)7-27/h2-3,6,8,11-12,23H,4-5,7,22H2,1H3/t11-,12+/m1/s1. The maximum Gasteiger partial charge on any atom is 0.264 e. The molecule has 2 atom stereocenters. The van der Waals surface area contributed by atoms with Crippen LogP contribution in [0.25, 0.3) is 32.4 Å². The normalized spacial score (nSPS) is 20.1. The highest BCUT2D eigenvalue weighted by Crippen LogP contribution is 2.38. The highest BCUT2D eigenvalue weighted by atomic mass is 35.5. The van der Waals surface area contributed by atoms with Crippen LogP contribution in [0.4, 0.5) is 10.3 Å². The largest absolute Gasteiger partial charge is 0.345 e. The van der Waals surface area contributed by atoms with E-state index >= 15 is 0 Å². The van der Waals surface area contributed by atoms with Crippen LogP contribution in [0.5, 0.6) is 0 Å². The topological polar surface area (TPSA) is 92.8 Å². The number of nitrogens with zero attached hydrogens (tertiary/aromatic N) is 4. The summed E-state index contributed by atoms with van der Waals surface area (Å²) in [5, 5.41) is 1.01. The monoisotopic (exact) mass is 432 g/mol. The van der Waals surface area contributed by atoms with Gasteiger partial charge in [0.05, 0.1) is 32.7 Å². The number of hydrogen-bond donors (Lipinski definition) is 2. The van der Waals surface area contributed by atoms with E-state index in [1.165, 1.54) is 15.9 Å². The number of aromatic nitrogens is 4. The fourth-order valence-electron chi connectivity index (χ4n) is 3.85. The van der Waals surface area contributed by atoms with Crippen molar-refractivity contribution >= 4 is 50.1 Å². The van der Waals surface area contributed by atoms with Gasteiger partial charge in [0.1, 0.15) is 11.8 Å². The Morgan fingerprint density at radius 2 is 2.21 bits per heavy atom. The number of halogens is 2. The van der Waals surface area contributed by atoms with E-state index in [-0.39, 0.29) is 12.1 Å². The molecule has 0 radical (unpaired) electrons. The molecule has 29 heavy (non-hydrogen) atoms. The molecule has 3 aromatic heterocycles. The van der Waals surface area contributed by atoms with Crippen molar-refractivity contribution in [2.24, 2.45) is 12.8 Å². The molecule has 10 heteroatoms. The van der Waals surface area contributed by atoms with E-state index < -0.39 is 12.2 Å². The molecule has 3 N–H and O–H groups in total. The molecule has 0 saturated carbocycles. The Morgan fingerprint density at radius 1 is 1.38 bits per heavy atom. The van der Waals surface area contributed by atoms with Gasteiger partial charge >= 0.3 is 0 Å². The minimum absolute atomic E-state index is 0.119. The van der Waals surface area contributed by atoms with E-state index in [0.717, 1.165) is 15.8 Å². The summed E-state index contributed by atoms with van der Waals surface area (Å²) in [6.45, 7) is 0.670. The average molecular weight is 433 g/mol. The number of thiazole rings is 1. The van der Waals surface area contributed by atoms with Crippen molar-refractivity contribution in [1.29, 1.82) is 0 Å². The number of aromatic amines is 1. The Morgan fingerprint density at radius 3 is 3.00 bits per heavy atom. The summed E-state index contributed by atoms with van der Waals surface area (Å²) in [6.07, 6.45) is 1.09. The van der Waals surface area contributed by atoms with Crippen molar-refractivity contribution in [1.82, 2.24) is 19.5 Å². The quantitative estimate of drug-likeness (QED) is 0.507. The molecule has 1 fully saturated rings. The van der Waals surface area contributed by atoms with Crippen molar-refractivity contribution < 1.29 is 4.39 Å². The number of nitrogens with one attached hydrogen (secondary N) is 1. The number of benzene rings is 1. The third kappa shape index (κ3) is 2.84. The van der Waals surface area contributed by atoms with Gasteiger partial charge in [-0.2, -0.15) is 4.98 Å². The van der Waals surface area contributed by atoms with Gasteiger partial charge in [0.15, 0.2) is 0 Å². The molecule has 0 bridgehead atoms. The van der Waals surface area contributed by atoms with E-state index in [4.69, 9.17) is 17.3 Å². The van der Waals surface area contributed by atoms with Crippen molar-refractivity contribution in [3.8, 4) is 11.1 Å².